The van der Waals surface area contributed by atoms with Crippen molar-refractivity contribution in [2.24, 2.45) is 5.92 Å². The highest BCUT2D eigenvalue weighted by molar-refractivity contribution is 5.96. The summed E-state index contributed by atoms with van der Waals surface area (Å²) in [4.78, 5) is 13.1. The molecule has 4 aromatic rings. The van der Waals surface area contributed by atoms with Crippen molar-refractivity contribution in [3.8, 4) is 11.1 Å². The zero-order chi connectivity index (χ0) is 20.2. The lowest BCUT2D eigenvalue weighted by Gasteiger charge is -2.54. The van der Waals surface area contributed by atoms with E-state index in [1.807, 2.05) is 6.07 Å². The molecule has 0 N–H and O–H groups in total. The van der Waals surface area contributed by atoms with E-state index in [9.17, 15) is 4.79 Å². The Morgan fingerprint density at radius 3 is 2.27 bits per heavy atom. The Morgan fingerprint density at radius 2 is 1.43 bits per heavy atom. The third-order valence-electron chi connectivity index (χ3n) is 7.12. The van der Waals surface area contributed by atoms with Crippen molar-refractivity contribution < 1.29 is 9.53 Å². The summed E-state index contributed by atoms with van der Waals surface area (Å²) in [5.74, 6) is 0.227. The minimum atomic E-state index is -0.180. The van der Waals surface area contributed by atoms with Gasteiger partial charge in [-0.05, 0) is 44.5 Å². The molecule has 0 spiro atoms. The first-order valence-corrected chi connectivity index (χ1v) is 10.5. The second kappa shape index (κ2) is 6.56. The summed E-state index contributed by atoms with van der Waals surface area (Å²) in [5, 5.41) is 2.47. The Morgan fingerprint density at radius 1 is 0.700 bits per heavy atom. The second-order valence-corrected chi connectivity index (χ2v) is 8.37. The minimum Gasteiger partial charge on any atom is -0.469 e. The van der Waals surface area contributed by atoms with Crippen molar-refractivity contribution in [2.75, 3.05) is 7.11 Å². The lowest BCUT2D eigenvalue weighted by molar-refractivity contribution is -0.151. The Labute approximate surface area is 176 Å². The van der Waals surface area contributed by atoms with Gasteiger partial charge in [0.1, 0.15) is 0 Å². The summed E-state index contributed by atoms with van der Waals surface area (Å²) in [6, 6.07) is 32.1. The van der Waals surface area contributed by atoms with Gasteiger partial charge in [-0.2, -0.15) is 0 Å². The monoisotopic (exact) mass is 390 g/mol. The summed E-state index contributed by atoms with van der Waals surface area (Å²) in [6.45, 7) is 0. The number of hydrogen-bond donors (Lipinski definition) is 0. The average molecular weight is 390 g/mol. The van der Waals surface area contributed by atoms with Crippen LogP contribution in [0.4, 0.5) is 0 Å². The number of rotatable bonds is 2. The summed E-state index contributed by atoms with van der Waals surface area (Å²) >= 11 is 0. The van der Waals surface area contributed by atoms with Crippen LogP contribution in [-0.2, 0) is 9.53 Å². The first-order chi connectivity index (χ1) is 14.8. The number of hydrogen-bond acceptors (Lipinski definition) is 2. The van der Waals surface area contributed by atoms with Crippen LogP contribution < -0.4 is 0 Å². The Bertz CT molecular complexity index is 1270. The second-order valence-electron chi connectivity index (χ2n) is 8.37. The minimum absolute atomic E-state index is 0.108. The number of methoxy groups -OCH3 is 1. The zero-order valence-corrected chi connectivity index (χ0v) is 16.8. The van der Waals surface area contributed by atoms with Gasteiger partial charge in [0, 0.05) is 11.8 Å². The van der Waals surface area contributed by atoms with Gasteiger partial charge in [0.25, 0.3) is 0 Å². The highest BCUT2D eigenvalue weighted by atomic mass is 16.5. The lowest BCUT2D eigenvalue weighted by Crippen LogP contribution is -2.48. The molecule has 0 radical (unpaired) electrons. The molecule has 1 fully saturated rings. The van der Waals surface area contributed by atoms with Crippen molar-refractivity contribution in [2.45, 2.75) is 17.8 Å². The molecule has 0 amide bonds. The predicted octanol–water partition coefficient (Wildman–Crippen LogP) is 6.27. The predicted molar refractivity (Wildman–Crippen MR) is 120 cm³/mol. The van der Waals surface area contributed by atoms with Crippen LogP contribution in [0.5, 0.6) is 0 Å². The molecule has 0 heterocycles. The molecule has 0 aliphatic heterocycles. The fraction of sp³-hybridized carbons (Fsp3) is 0.179. The molecule has 0 bridgehead atoms. The molecular formula is C28H22O2. The molecule has 2 nitrogen and oxygen atoms in total. The van der Waals surface area contributed by atoms with E-state index >= 15 is 0 Å². The van der Waals surface area contributed by atoms with Crippen LogP contribution >= 0.6 is 0 Å². The standard InChI is InChI=1S/C28H22O2/c1-30-28(29)27-23(18-10-3-2-4-11-18)25-21-14-8-7-13-20(21)22-16-15-17-9-5-6-12-19(17)24(22)26(25)27/h2-16,23,25-27H,1H3/t23-,25+,26+,27+/m1/s1. The van der Waals surface area contributed by atoms with Crippen molar-refractivity contribution >= 4 is 16.7 Å². The molecule has 2 aliphatic rings. The van der Waals surface area contributed by atoms with E-state index in [-0.39, 0.29) is 29.6 Å². The van der Waals surface area contributed by atoms with Crippen LogP contribution in [0.15, 0.2) is 91.0 Å². The van der Waals surface area contributed by atoms with Crippen LogP contribution in [0.25, 0.3) is 21.9 Å². The van der Waals surface area contributed by atoms with E-state index in [4.69, 9.17) is 4.74 Å². The smallest absolute Gasteiger partial charge is 0.309 e. The molecule has 2 heteroatoms. The normalized spacial score (nSPS) is 23.6. The highest BCUT2D eigenvalue weighted by Crippen LogP contribution is 2.67. The number of benzene rings is 4. The Hall–Kier alpha value is -3.39. The maximum atomic E-state index is 13.1. The quantitative estimate of drug-likeness (QED) is 0.377. The topological polar surface area (TPSA) is 26.3 Å². The van der Waals surface area contributed by atoms with E-state index < -0.39 is 0 Å². The number of esters is 1. The van der Waals surface area contributed by atoms with Crippen LogP contribution in [0.2, 0.25) is 0 Å². The van der Waals surface area contributed by atoms with Gasteiger partial charge in [0.15, 0.2) is 0 Å². The van der Waals surface area contributed by atoms with E-state index in [1.54, 1.807) is 0 Å². The maximum Gasteiger partial charge on any atom is 0.309 e. The van der Waals surface area contributed by atoms with Crippen molar-refractivity contribution in [1.29, 1.82) is 0 Å². The summed E-state index contributed by atoms with van der Waals surface area (Å²) in [6.07, 6.45) is 0. The fourth-order valence-electron chi connectivity index (χ4n) is 5.94. The van der Waals surface area contributed by atoms with Gasteiger partial charge >= 0.3 is 5.97 Å². The Balaban J connectivity index is 1.65. The molecule has 146 valence electrons. The third kappa shape index (κ3) is 2.28. The molecule has 4 aromatic carbocycles. The largest absolute Gasteiger partial charge is 0.469 e. The van der Waals surface area contributed by atoms with Gasteiger partial charge in [-0.15, -0.1) is 0 Å². The fourth-order valence-corrected chi connectivity index (χ4v) is 5.94. The average Bonchev–Trinajstić information content (AvgIpc) is 2.79. The molecule has 4 atom stereocenters. The first-order valence-electron chi connectivity index (χ1n) is 10.5. The Kier molecular flexibility index (Phi) is 3.82. The van der Waals surface area contributed by atoms with E-state index in [0.29, 0.717) is 0 Å². The van der Waals surface area contributed by atoms with Gasteiger partial charge in [0.05, 0.1) is 13.0 Å². The van der Waals surface area contributed by atoms with E-state index in [1.165, 1.54) is 45.7 Å². The van der Waals surface area contributed by atoms with E-state index in [0.717, 1.165) is 0 Å². The van der Waals surface area contributed by atoms with Crippen LogP contribution in [0.3, 0.4) is 0 Å². The van der Waals surface area contributed by atoms with Crippen LogP contribution in [0, 0.1) is 5.92 Å². The SMILES string of the molecule is COC(=O)[C@@H]1[C@H]2c3c(ccc4ccccc34)-c3ccccc3[C@H]2[C@H]1c1ccccc1. The van der Waals surface area contributed by atoms with Crippen LogP contribution in [0.1, 0.15) is 34.4 Å². The van der Waals surface area contributed by atoms with E-state index in [2.05, 4.69) is 84.9 Å². The van der Waals surface area contributed by atoms with Gasteiger partial charge in [-0.1, -0.05) is 91.0 Å². The van der Waals surface area contributed by atoms with Crippen molar-refractivity contribution in [3.63, 3.8) is 0 Å². The molecule has 0 unspecified atom stereocenters. The summed E-state index contributed by atoms with van der Waals surface area (Å²) < 4.78 is 5.33. The van der Waals surface area contributed by atoms with Gasteiger partial charge in [-0.25, -0.2) is 0 Å². The van der Waals surface area contributed by atoms with Gasteiger partial charge in [-0.3, -0.25) is 4.79 Å². The number of ether oxygens (including phenoxy) is 1. The lowest BCUT2D eigenvalue weighted by atomic mass is 9.47. The molecule has 30 heavy (non-hydrogen) atoms. The maximum absolute atomic E-state index is 13.1. The molecule has 1 saturated carbocycles. The molecule has 0 aromatic heterocycles. The molecule has 2 aliphatic carbocycles. The molecule has 6 rings (SSSR count). The van der Waals surface area contributed by atoms with Crippen LogP contribution in [-0.4, -0.2) is 13.1 Å². The number of carbonyl (C=O) groups is 1. The summed E-state index contributed by atoms with van der Waals surface area (Å²) in [7, 11) is 1.51. The van der Waals surface area contributed by atoms with Crippen molar-refractivity contribution in [1.82, 2.24) is 0 Å². The zero-order valence-electron chi connectivity index (χ0n) is 16.8. The van der Waals surface area contributed by atoms with Gasteiger partial charge < -0.3 is 4.74 Å². The molecule has 0 saturated heterocycles. The summed E-state index contributed by atoms with van der Waals surface area (Å²) in [5.41, 5.74) is 6.42. The highest BCUT2D eigenvalue weighted by Gasteiger charge is 2.58. The van der Waals surface area contributed by atoms with Gasteiger partial charge in [0.2, 0.25) is 0 Å². The number of carbonyl (C=O) groups excluding carboxylic acids is 1. The first kappa shape index (κ1) is 17.5. The van der Waals surface area contributed by atoms with Crippen molar-refractivity contribution in [3.05, 3.63) is 108 Å². The molecular weight excluding hydrogens is 368 g/mol. The third-order valence-corrected chi connectivity index (χ3v) is 7.12. The number of fused-ring (bicyclic) bond motifs is 8.